The van der Waals surface area contributed by atoms with E-state index in [1.165, 1.54) is 70.6 Å². The fourth-order valence-corrected chi connectivity index (χ4v) is 5.63. The Kier molecular flexibility index (Phi) is 27.0. The lowest BCUT2D eigenvalue weighted by molar-refractivity contribution is -0.180. The molecule has 0 heterocycles. The molecule has 0 radical (unpaired) electrons. The van der Waals surface area contributed by atoms with Gasteiger partial charge in [-0.15, -0.1) is 0 Å². The summed E-state index contributed by atoms with van der Waals surface area (Å²) in [6.07, 6.45) is 11.9. The van der Waals surface area contributed by atoms with Crippen LogP contribution in [0.5, 0.6) is 0 Å². The normalized spacial score (nSPS) is 16.8. The molecule has 0 rings (SSSR count). The summed E-state index contributed by atoms with van der Waals surface area (Å²) < 4.78 is 0. The van der Waals surface area contributed by atoms with Crippen molar-refractivity contribution >= 4 is 5.91 Å². The Balaban J connectivity index is 4.56. The van der Waals surface area contributed by atoms with E-state index in [1.807, 2.05) is 6.92 Å². The molecule has 0 aliphatic carbocycles. The molecule has 7 N–H and O–H groups in total. The first-order valence-corrected chi connectivity index (χ1v) is 17.6. The van der Waals surface area contributed by atoms with Crippen LogP contribution < -0.4 is 0 Å². The highest BCUT2D eigenvalue weighted by Crippen LogP contribution is 2.21. The van der Waals surface area contributed by atoms with Crippen molar-refractivity contribution in [3.05, 3.63) is 0 Å². The number of amides is 1. The SMILES string of the molecule is CCCCCCCCCCCCCCCC(O)CCCC(=O)N(CC(CC)CCCC)C(O)[C@H](O)[C@@H](O)[C@H](O)[C@H](O)CO. The maximum Gasteiger partial charge on any atom is 0.224 e. The molecule has 43 heavy (non-hydrogen) atoms. The molecule has 3 unspecified atom stereocenters. The van der Waals surface area contributed by atoms with E-state index in [1.54, 1.807) is 0 Å². The first kappa shape index (κ1) is 42.2. The van der Waals surface area contributed by atoms with Crippen LogP contribution in [0.4, 0.5) is 0 Å². The van der Waals surface area contributed by atoms with Crippen molar-refractivity contribution in [2.24, 2.45) is 5.92 Å². The second kappa shape index (κ2) is 27.5. The Labute approximate surface area is 262 Å². The summed E-state index contributed by atoms with van der Waals surface area (Å²) in [4.78, 5) is 14.4. The van der Waals surface area contributed by atoms with Crippen molar-refractivity contribution in [2.45, 2.75) is 192 Å². The molecule has 0 aliphatic heterocycles. The molecule has 0 aromatic carbocycles. The summed E-state index contributed by atoms with van der Waals surface area (Å²) in [6, 6.07) is 0. The van der Waals surface area contributed by atoms with Crippen LogP contribution >= 0.6 is 0 Å². The second-order valence-corrected chi connectivity index (χ2v) is 12.7. The highest BCUT2D eigenvalue weighted by Gasteiger charge is 2.38. The van der Waals surface area contributed by atoms with Crippen LogP contribution in [0.3, 0.4) is 0 Å². The van der Waals surface area contributed by atoms with Gasteiger partial charge in [0.05, 0.1) is 12.7 Å². The van der Waals surface area contributed by atoms with Gasteiger partial charge in [0.2, 0.25) is 5.91 Å². The van der Waals surface area contributed by atoms with Crippen LogP contribution in [0.1, 0.15) is 156 Å². The van der Waals surface area contributed by atoms with E-state index in [4.69, 9.17) is 5.11 Å². The topological polar surface area (TPSA) is 162 Å². The zero-order valence-electron chi connectivity index (χ0n) is 27.8. The molecule has 0 aromatic heterocycles. The van der Waals surface area contributed by atoms with Crippen molar-refractivity contribution < 1.29 is 40.5 Å². The third kappa shape index (κ3) is 20.0. The Morgan fingerprint density at radius 1 is 0.581 bits per heavy atom. The maximum atomic E-state index is 13.2. The maximum absolute atomic E-state index is 13.2. The average molecular weight is 620 g/mol. The molecular formula is C34H69NO8. The van der Waals surface area contributed by atoms with Crippen LogP contribution in [0, 0.1) is 5.92 Å². The lowest BCUT2D eigenvalue weighted by atomic mass is 9.96. The van der Waals surface area contributed by atoms with Crippen molar-refractivity contribution in [2.75, 3.05) is 13.2 Å². The van der Waals surface area contributed by atoms with Crippen molar-refractivity contribution in [1.82, 2.24) is 4.90 Å². The number of rotatable bonds is 30. The smallest absolute Gasteiger partial charge is 0.224 e. The van der Waals surface area contributed by atoms with Gasteiger partial charge in [-0.1, -0.05) is 124 Å². The molecule has 9 nitrogen and oxygen atoms in total. The molecule has 0 spiro atoms. The quantitative estimate of drug-likeness (QED) is 0.0446. The number of hydrogen-bond acceptors (Lipinski definition) is 8. The van der Waals surface area contributed by atoms with Gasteiger partial charge in [-0.05, 0) is 31.6 Å². The number of carbonyl (C=O) groups is 1. The van der Waals surface area contributed by atoms with Crippen LogP contribution in [-0.2, 0) is 4.79 Å². The molecule has 0 bridgehead atoms. The lowest BCUT2D eigenvalue weighted by Gasteiger charge is -2.37. The van der Waals surface area contributed by atoms with Crippen LogP contribution in [0.2, 0.25) is 0 Å². The van der Waals surface area contributed by atoms with Gasteiger partial charge >= 0.3 is 0 Å². The molecule has 9 heteroatoms. The fourth-order valence-electron chi connectivity index (χ4n) is 5.63. The van der Waals surface area contributed by atoms with Gasteiger partial charge < -0.3 is 40.6 Å². The Morgan fingerprint density at radius 3 is 1.56 bits per heavy atom. The largest absolute Gasteiger partial charge is 0.394 e. The van der Waals surface area contributed by atoms with E-state index in [9.17, 15) is 35.4 Å². The molecule has 0 aliphatic rings. The molecule has 1 amide bonds. The predicted molar refractivity (Wildman–Crippen MR) is 172 cm³/mol. The monoisotopic (exact) mass is 620 g/mol. The van der Waals surface area contributed by atoms with E-state index in [2.05, 4.69) is 13.8 Å². The standard InChI is InChI=1S/C34H69NO8/c1-4-7-9-10-11-12-13-14-15-16-17-18-19-22-28(37)23-20-24-30(39)35(25-27(6-3)21-8-5-2)34(43)33(42)32(41)31(40)29(38)26-36/h27-29,31-34,36-38,40-43H,4-26H2,1-3H3/t27?,28?,29-,31-,32+,33-,34?/m1/s1. The minimum atomic E-state index is -1.97. The Morgan fingerprint density at radius 2 is 1.07 bits per heavy atom. The van der Waals surface area contributed by atoms with Gasteiger partial charge in [-0.2, -0.15) is 0 Å². The van der Waals surface area contributed by atoms with Crippen LogP contribution in [0.25, 0.3) is 0 Å². The van der Waals surface area contributed by atoms with E-state index in [-0.39, 0.29) is 18.9 Å². The van der Waals surface area contributed by atoms with Gasteiger partial charge in [-0.3, -0.25) is 4.79 Å². The first-order valence-electron chi connectivity index (χ1n) is 17.6. The average Bonchev–Trinajstić information content (AvgIpc) is 3.01. The zero-order valence-corrected chi connectivity index (χ0v) is 27.8. The fraction of sp³-hybridized carbons (Fsp3) is 0.971. The van der Waals surface area contributed by atoms with Crippen molar-refractivity contribution in [3.8, 4) is 0 Å². The highest BCUT2D eigenvalue weighted by atomic mass is 16.4. The van der Waals surface area contributed by atoms with E-state index in [0.717, 1.165) is 43.4 Å². The molecule has 0 saturated heterocycles. The van der Waals surface area contributed by atoms with Crippen LogP contribution in [-0.4, -0.2) is 96.5 Å². The van der Waals surface area contributed by atoms with Gasteiger partial charge in [0, 0.05) is 13.0 Å². The minimum absolute atomic E-state index is 0.0710. The number of hydrogen-bond donors (Lipinski definition) is 7. The van der Waals surface area contributed by atoms with E-state index < -0.39 is 49.3 Å². The van der Waals surface area contributed by atoms with Gasteiger partial charge in [-0.25, -0.2) is 0 Å². The lowest BCUT2D eigenvalue weighted by Crippen LogP contribution is -2.57. The second-order valence-electron chi connectivity index (χ2n) is 12.7. The number of carbonyl (C=O) groups excluding carboxylic acids is 1. The molecular weight excluding hydrogens is 550 g/mol. The van der Waals surface area contributed by atoms with E-state index >= 15 is 0 Å². The zero-order chi connectivity index (χ0) is 32.5. The molecule has 0 aromatic rings. The van der Waals surface area contributed by atoms with Crippen LogP contribution in [0.15, 0.2) is 0 Å². The highest BCUT2D eigenvalue weighted by molar-refractivity contribution is 5.76. The number of aliphatic hydroxyl groups is 7. The number of unbranched alkanes of at least 4 members (excludes halogenated alkanes) is 13. The van der Waals surface area contributed by atoms with Gasteiger partial charge in [0.25, 0.3) is 0 Å². The molecule has 7 atom stereocenters. The third-order valence-electron chi connectivity index (χ3n) is 8.79. The number of nitrogens with zero attached hydrogens (tertiary/aromatic N) is 1. The summed E-state index contributed by atoms with van der Waals surface area (Å²) in [6.45, 7) is 5.66. The summed E-state index contributed by atoms with van der Waals surface area (Å²) in [5, 5.41) is 70.9. The molecule has 258 valence electrons. The Bertz CT molecular complexity index is 640. The van der Waals surface area contributed by atoms with Crippen molar-refractivity contribution in [3.63, 3.8) is 0 Å². The van der Waals surface area contributed by atoms with Gasteiger partial charge in [0.1, 0.15) is 24.4 Å². The third-order valence-corrected chi connectivity index (χ3v) is 8.79. The van der Waals surface area contributed by atoms with E-state index in [0.29, 0.717) is 19.3 Å². The predicted octanol–water partition coefficient (Wildman–Crippen LogP) is 4.80. The molecule has 0 fully saturated rings. The summed E-state index contributed by atoms with van der Waals surface area (Å²) in [7, 11) is 0. The minimum Gasteiger partial charge on any atom is -0.394 e. The van der Waals surface area contributed by atoms with Gasteiger partial charge in [0.15, 0.2) is 6.23 Å². The summed E-state index contributed by atoms with van der Waals surface area (Å²) in [5.74, 6) is -0.323. The number of aliphatic hydroxyl groups excluding tert-OH is 7. The summed E-state index contributed by atoms with van der Waals surface area (Å²) >= 11 is 0. The summed E-state index contributed by atoms with van der Waals surface area (Å²) in [5.41, 5.74) is 0. The van der Waals surface area contributed by atoms with Crippen molar-refractivity contribution in [1.29, 1.82) is 0 Å². The Hall–Kier alpha value is -0.810. The molecule has 0 saturated carbocycles. The first-order chi connectivity index (χ1) is 20.6.